The van der Waals surface area contributed by atoms with E-state index < -0.39 is 6.10 Å². The van der Waals surface area contributed by atoms with Gasteiger partial charge in [0.05, 0.1) is 0 Å². The average Bonchev–Trinajstić information content (AvgIpc) is 2.47. The van der Waals surface area contributed by atoms with Crippen molar-refractivity contribution in [3.8, 4) is 5.75 Å². The fraction of sp³-hybridized carbons (Fsp3) is 0.278. The van der Waals surface area contributed by atoms with Crippen LogP contribution in [0.4, 0.5) is 5.69 Å². The lowest BCUT2D eigenvalue weighted by molar-refractivity contribution is -0.122. The van der Waals surface area contributed by atoms with Crippen molar-refractivity contribution < 1.29 is 9.53 Å². The van der Waals surface area contributed by atoms with Gasteiger partial charge >= 0.3 is 0 Å². The number of amides is 1. The topological polar surface area (TPSA) is 38.3 Å². The van der Waals surface area contributed by atoms with Crippen LogP contribution in [0.3, 0.4) is 0 Å². The largest absolute Gasteiger partial charge is 0.481 e. The Balaban J connectivity index is 2.09. The molecule has 2 aromatic carbocycles. The molecule has 0 unspecified atom stereocenters. The van der Waals surface area contributed by atoms with Gasteiger partial charge in [-0.1, -0.05) is 29.8 Å². The summed E-state index contributed by atoms with van der Waals surface area (Å²) in [5.74, 6) is 0.525. The lowest BCUT2D eigenvalue weighted by atomic mass is 10.1. The zero-order chi connectivity index (χ0) is 16.3. The summed E-state index contributed by atoms with van der Waals surface area (Å²) in [6.07, 6.45) is -0.598. The van der Waals surface area contributed by atoms with Crippen molar-refractivity contribution in [2.75, 3.05) is 5.32 Å². The number of hydrogen-bond donors (Lipinski definition) is 1. The summed E-state index contributed by atoms with van der Waals surface area (Å²) in [6, 6.07) is 11.2. The van der Waals surface area contributed by atoms with Crippen molar-refractivity contribution >= 4 is 23.2 Å². The predicted molar refractivity (Wildman–Crippen MR) is 90.8 cm³/mol. The van der Waals surface area contributed by atoms with E-state index in [1.807, 2.05) is 45.0 Å². The second kappa shape index (κ2) is 6.84. The van der Waals surface area contributed by atoms with Gasteiger partial charge in [-0.15, -0.1) is 0 Å². The van der Waals surface area contributed by atoms with Crippen molar-refractivity contribution in [1.82, 2.24) is 0 Å². The van der Waals surface area contributed by atoms with Crippen LogP contribution in [0.1, 0.15) is 23.6 Å². The number of anilines is 1. The molecule has 0 aliphatic heterocycles. The highest BCUT2D eigenvalue weighted by Gasteiger charge is 2.17. The van der Waals surface area contributed by atoms with Gasteiger partial charge in [0, 0.05) is 10.7 Å². The molecule has 0 heterocycles. The van der Waals surface area contributed by atoms with E-state index in [2.05, 4.69) is 5.32 Å². The molecule has 0 aliphatic rings. The van der Waals surface area contributed by atoms with Crippen LogP contribution in [-0.2, 0) is 4.79 Å². The van der Waals surface area contributed by atoms with Crippen molar-refractivity contribution in [2.45, 2.75) is 33.8 Å². The van der Waals surface area contributed by atoms with Crippen LogP contribution in [0, 0.1) is 20.8 Å². The van der Waals surface area contributed by atoms with Crippen LogP contribution in [0.5, 0.6) is 5.75 Å². The minimum Gasteiger partial charge on any atom is -0.481 e. The smallest absolute Gasteiger partial charge is 0.265 e. The van der Waals surface area contributed by atoms with Gasteiger partial charge in [-0.2, -0.15) is 0 Å². The first kappa shape index (κ1) is 16.4. The Morgan fingerprint density at radius 1 is 1.14 bits per heavy atom. The van der Waals surface area contributed by atoms with Crippen LogP contribution < -0.4 is 10.1 Å². The van der Waals surface area contributed by atoms with Crippen molar-refractivity contribution in [2.24, 2.45) is 0 Å². The van der Waals surface area contributed by atoms with Gasteiger partial charge in [0.25, 0.3) is 5.91 Å². The lowest BCUT2D eigenvalue weighted by Crippen LogP contribution is -2.30. The summed E-state index contributed by atoms with van der Waals surface area (Å²) >= 11 is 5.97. The summed E-state index contributed by atoms with van der Waals surface area (Å²) in [6.45, 7) is 7.65. The van der Waals surface area contributed by atoms with E-state index in [-0.39, 0.29) is 5.91 Å². The first-order chi connectivity index (χ1) is 10.4. The van der Waals surface area contributed by atoms with Crippen molar-refractivity contribution in [3.05, 3.63) is 58.1 Å². The van der Waals surface area contributed by atoms with E-state index in [4.69, 9.17) is 16.3 Å². The molecule has 0 bridgehead atoms. The van der Waals surface area contributed by atoms with Crippen molar-refractivity contribution in [3.63, 3.8) is 0 Å². The summed E-state index contributed by atoms with van der Waals surface area (Å²) in [5, 5.41) is 3.44. The molecular formula is C18H20ClNO2. The highest BCUT2D eigenvalue weighted by Crippen LogP contribution is 2.23. The predicted octanol–water partition coefficient (Wildman–Crippen LogP) is 4.67. The zero-order valence-electron chi connectivity index (χ0n) is 13.2. The Morgan fingerprint density at radius 3 is 2.59 bits per heavy atom. The van der Waals surface area contributed by atoms with Crippen LogP contribution in [0.25, 0.3) is 0 Å². The number of carbonyl (C=O) groups excluding carboxylic acids is 1. The second-order valence-corrected chi connectivity index (χ2v) is 5.84. The van der Waals surface area contributed by atoms with Gasteiger partial charge in [0.15, 0.2) is 6.10 Å². The van der Waals surface area contributed by atoms with E-state index >= 15 is 0 Å². The van der Waals surface area contributed by atoms with Gasteiger partial charge in [-0.25, -0.2) is 0 Å². The number of aryl methyl sites for hydroxylation is 2. The number of ether oxygens (including phenoxy) is 1. The Labute approximate surface area is 136 Å². The molecule has 0 fully saturated rings. The fourth-order valence-corrected chi connectivity index (χ4v) is 2.23. The van der Waals surface area contributed by atoms with Gasteiger partial charge in [-0.3, -0.25) is 4.79 Å². The average molecular weight is 318 g/mol. The standard InChI is InChI=1S/C18H20ClNO2/c1-11-6-5-7-17(13(11)3)22-14(4)18(21)20-16-10-15(19)9-8-12(16)2/h5-10,14H,1-4H3,(H,20,21)/t14-/m1/s1. The molecule has 0 radical (unpaired) electrons. The van der Waals surface area contributed by atoms with Gasteiger partial charge in [-0.05, 0) is 62.6 Å². The number of hydrogen-bond acceptors (Lipinski definition) is 2. The summed E-state index contributed by atoms with van der Waals surface area (Å²) in [4.78, 5) is 12.3. The summed E-state index contributed by atoms with van der Waals surface area (Å²) < 4.78 is 5.79. The maximum Gasteiger partial charge on any atom is 0.265 e. The number of benzene rings is 2. The Morgan fingerprint density at radius 2 is 1.86 bits per heavy atom. The Bertz CT molecular complexity index is 697. The van der Waals surface area contributed by atoms with Gasteiger partial charge in [0.2, 0.25) is 0 Å². The molecule has 3 nitrogen and oxygen atoms in total. The molecule has 0 aromatic heterocycles. The molecule has 0 saturated carbocycles. The third-order valence-electron chi connectivity index (χ3n) is 3.69. The quantitative estimate of drug-likeness (QED) is 0.889. The lowest BCUT2D eigenvalue weighted by Gasteiger charge is -2.18. The molecule has 1 amide bonds. The molecule has 4 heteroatoms. The minimum atomic E-state index is -0.598. The first-order valence-electron chi connectivity index (χ1n) is 7.18. The third-order valence-corrected chi connectivity index (χ3v) is 3.92. The van der Waals surface area contributed by atoms with E-state index in [1.54, 1.807) is 19.1 Å². The Hall–Kier alpha value is -2.00. The molecular weight excluding hydrogens is 298 g/mol. The molecule has 0 saturated heterocycles. The molecule has 0 spiro atoms. The summed E-state index contributed by atoms with van der Waals surface area (Å²) in [7, 11) is 0. The van der Waals surface area contributed by atoms with E-state index in [9.17, 15) is 4.79 Å². The maximum atomic E-state index is 12.3. The minimum absolute atomic E-state index is 0.203. The monoisotopic (exact) mass is 317 g/mol. The fourth-order valence-electron chi connectivity index (χ4n) is 2.06. The van der Waals surface area contributed by atoms with Crippen LogP contribution in [0.15, 0.2) is 36.4 Å². The summed E-state index contributed by atoms with van der Waals surface area (Å²) in [5.41, 5.74) is 3.84. The maximum absolute atomic E-state index is 12.3. The first-order valence-corrected chi connectivity index (χ1v) is 7.56. The molecule has 0 aliphatic carbocycles. The van der Waals surface area contributed by atoms with Crippen LogP contribution >= 0.6 is 11.6 Å². The van der Waals surface area contributed by atoms with Crippen LogP contribution in [0.2, 0.25) is 5.02 Å². The molecule has 2 aromatic rings. The molecule has 1 atom stereocenters. The van der Waals surface area contributed by atoms with Crippen LogP contribution in [-0.4, -0.2) is 12.0 Å². The Kier molecular flexibility index (Phi) is 5.09. The van der Waals surface area contributed by atoms with Gasteiger partial charge in [0.1, 0.15) is 5.75 Å². The van der Waals surface area contributed by atoms with E-state index in [1.165, 1.54) is 0 Å². The van der Waals surface area contributed by atoms with Crippen molar-refractivity contribution in [1.29, 1.82) is 0 Å². The molecule has 116 valence electrons. The molecule has 2 rings (SSSR count). The zero-order valence-corrected chi connectivity index (χ0v) is 14.0. The van der Waals surface area contributed by atoms with E-state index in [0.717, 1.165) is 22.4 Å². The number of halogens is 1. The molecule has 22 heavy (non-hydrogen) atoms. The number of rotatable bonds is 4. The number of nitrogens with one attached hydrogen (secondary N) is 1. The highest BCUT2D eigenvalue weighted by atomic mass is 35.5. The SMILES string of the molecule is Cc1ccc(Cl)cc1NC(=O)[C@@H](C)Oc1cccc(C)c1C. The van der Waals surface area contributed by atoms with Gasteiger partial charge < -0.3 is 10.1 Å². The number of carbonyl (C=O) groups is 1. The highest BCUT2D eigenvalue weighted by molar-refractivity contribution is 6.31. The molecule has 1 N–H and O–H groups in total. The third kappa shape index (κ3) is 3.80. The van der Waals surface area contributed by atoms with E-state index in [0.29, 0.717) is 10.7 Å². The second-order valence-electron chi connectivity index (χ2n) is 5.41. The normalized spacial score (nSPS) is 11.9.